The molecule has 1 aromatic rings. The van der Waals surface area contributed by atoms with Gasteiger partial charge in [0, 0.05) is 30.0 Å². The van der Waals surface area contributed by atoms with Gasteiger partial charge in [0.25, 0.3) is 5.91 Å². The molecule has 1 aromatic heterocycles. The third-order valence-corrected chi connectivity index (χ3v) is 3.60. The van der Waals surface area contributed by atoms with Crippen molar-refractivity contribution in [3.8, 4) is 0 Å². The SMILES string of the molecule is CCOC(=O)CCN(CCCN(C)C)C(=O)c1cncc(Br)c1. The van der Waals surface area contributed by atoms with Gasteiger partial charge in [-0.15, -0.1) is 0 Å². The van der Waals surface area contributed by atoms with Crippen molar-refractivity contribution >= 4 is 27.8 Å². The Kier molecular flexibility index (Phi) is 8.79. The van der Waals surface area contributed by atoms with Crippen LogP contribution in [0, 0.1) is 0 Å². The Morgan fingerprint density at radius 3 is 2.57 bits per heavy atom. The second kappa shape index (κ2) is 10.3. The molecule has 0 fully saturated rings. The lowest BCUT2D eigenvalue weighted by molar-refractivity contribution is -0.143. The van der Waals surface area contributed by atoms with Gasteiger partial charge in [-0.05, 0) is 56.0 Å². The minimum Gasteiger partial charge on any atom is -0.466 e. The van der Waals surface area contributed by atoms with Crippen LogP contribution in [0.15, 0.2) is 22.9 Å². The van der Waals surface area contributed by atoms with Crippen LogP contribution in [0.3, 0.4) is 0 Å². The zero-order valence-electron chi connectivity index (χ0n) is 13.9. The minimum absolute atomic E-state index is 0.123. The van der Waals surface area contributed by atoms with Crippen molar-refractivity contribution in [3.05, 3.63) is 28.5 Å². The first-order valence-electron chi connectivity index (χ1n) is 7.64. The molecule has 0 atom stereocenters. The summed E-state index contributed by atoms with van der Waals surface area (Å²) in [4.78, 5) is 32.0. The molecule has 0 bridgehead atoms. The summed E-state index contributed by atoms with van der Waals surface area (Å²) in [5.41, 5.74) is 0.507. The Bertz CT molecular complexity index is 523. The van der Waals surface area contributed by atoms with E-state index in [1.165, 1.54) is 6.20 Å². The van der Waals surface area contributed by atoms with E-state index in [9.17, 15) is 9.59 Å². The molecule has 0 aromatic carbocycles. The van der Waals surface area contributed by atoms with Gasteiger partial charge in [-0.2, -0.15) is 0 Å². The zero-order chi connectivity index (χ0) is 17.2. The van der Waals surface area contributed by atoms with Gasteiger partial charge in [-0.3, -0.25) is 14.6 Å². The van der Waals surface area contributed by atoms with Crippen LogP contribution in [0.5, 0.6) is 0 Å². The summed E-state index contributed by atoms with van der Waals surface area (Å²) in [5, 5.41) is 0. The van der Waals surface area contributed by atoms with Crippen LogP contribution in [-0.2, 0) is 9.53 Å². The average Bonchev–Trinajstić information content (AvgIpc) is 2.50. The van der Waals surface area contributed by atoms with Crippen molar-refractivity contribution in [1.82, 2.24) is 14.8 Å². The number of amides is 1. The summed E-state index contributed by atoms with van der Waals surface area (Å²) in [6.45, 7) is 3.93. The second-order valence-corrected chi connectivity index (χ2v) is 6.31. The number of hydrogen-bond acceptors (Lipinski definition) is 5. The third kappa shape index (κ3) is 7.56. The van der Waals surface area contributed by atoms with Crippen LogP contribution in [0.4, 0.5) is 0 Å². The zero-order valence-corrected chi connectivity index (χ0v) is 15.5. The molecule has 0 aliphatic rings. The van der Waals surface area contributed by atoms with E-state index in [1.807, 2.05) is 14.1 Å². The van der Waals surface area contributed by atoms with Crippen molar-refractivity contribution < 1.29 is 14.3 Å². The molecule has 0 radical (unpaired) electrons. The van der Waals surface area contributed by atoms with E-state index in [-0.39, 0.29) is 18.3 Å². The minimum atomic E-state index is -0.287. The number of ether oxygens (including phenoxy) is 1. The smallest absolute Gasteiger partial charge is 0.307 e. The highest BCUT2D eigenvalue weighted by Gasteiger charge is 2.17. The number of nitrogens with zero attached hydrogens (tertiary/aromatic N) is 3. The van der Waals surface area contributed by atoms with Crippen molar-refractivity contribution in [2.24, 2.45) is 0 Å². The van der Waals surface area contributed by atoms with Crippen molar-refractivity contribution in [2.45, 2.75) is 19.8 Å². The summed E-state index contributed by atoms with van der Waals surface area (Å²) in [7, 11) is 3.98. The molecule has 0 saturated heterocycles. The topological polar surface area (TPSA) is 62.7 Å². The molecule has 128 valence electrons. The van der Waals surface area contributed by atoms with E-state index < -0.39 is 0 Å². The van der Waals surface area contributed by atoms with Crippen LogP contribution < -0.4 is 0 Å². The maximum Gasteiger partial charge on any atom is 0.307 e. The molecule has 7 heteroatoms. The summed E-state index contributed by atoms with van der Waals surface area (Å²) < 4.78 is 5.69. The number of hydrogen-bond donors (Lipinski definition) is 0. The molecule has 0 aliphatic heterocycles. The van der Waals surface area contributed by atoms with E-state index in [2.05, 4.69) is 25.8 Å². The fourth-order valence-corrected chi connectivity index (χ4v) is 2.43. The lowest BCUT2D eigenvalue weighted by Gasteiger charge is -2.23. The van der Waals surface area contributed by atoms with Gasteiger partial charge in [-0.1, -0.05) is 0 Å². The van der Waals surface area contributed by atoms with E-state index in [4.69, 9.17) is 4.74 Å². The molecule has 1 heterocycles. The molecule has 23 heavy (non-hydrogen) atoms. The van der Waals surface area contributed by atoms with E-state index in [1.54, 1.807) is 24.1 Å². The second-order valence-electron chi connectivity index (χ2n) is 5.40. The predicted octanol–water partition coefficient (Wildman–Crippen LogP) is 2.19. The molecule has 0 spiro atoms. The van der Waals surface area contributed by atoms with Crippen LogP contribution >= 0.6 is 15.9 Å². The summed E-state index contributed by atoms with van der Waals surface area (Å²) in [6.07, 6.45) is 4.20. The van der Waals surface area contributed by atoms with Gasteiger partial charge in [0.2, 0.25) is 0 Å². The van der Waals surface area contributed by atoms with Crippen LogP contribution in [0.2, 0.25) is 0 Å². The first-order valence-corrected chi connectivity index (χ1v) is 8.43. The summed E-state index contributed by atoms with van der Waals surface area (Å²) in [5.74, 6) is -0.410. The largest absolute Gasteiger partial charge is 0.466 e. The predicted molar refractivity (Wildman–Crippen MR) is 92.3 cm³/mol. The molecule has 0 unspecified atom stereocenters. The van der Waals surface area contributed by atoms with E-state index >= 15 is 0 Å². The highest BCUT2D eigenvalue weighted by atomic mass is 79.9. The number of pyridine rings is 1. The third-order valence-electron chi connectivity index (χ3n) is 3.16. The Morgan fingerprint density at radius 1 is 1.22 bits per heavy atom. The molecule has 0 saturated carbocycles. The first-order chi connectivity index (χ1) is 10.9. The molecular formula is C16H24BrN3O3. The lowest BCUT2D eigenvalue weighted by atomic mass is 10.2. The maximum absolute atomic E-state index is 12.6. The summed E-state index contributed by atoms with van der Waals surface area (Å²) >= 11 is 3.32. The fraction of sp³-hybridized carbons (Fsp3) is 0.562. The van der Waals surface area contributed by atoms with E-state index in [0.717, 1.165) is 17.4 Å². The Balaban J connectivity index is 2.72. The molecular weight excluding hydrogens is 362 g/mol. The number of carbonyl (C=O) groups is 2. The van der Waals surface area contributed by atoms with Gasteiger partial charge >= 0.3 is 5.97 Å². The molecule has 0 aliphatic carbocycles. The van der Waals surface area contributed by atoms with Crippen LogP contribution in [-0.4, -0.2) is 67.0 Å². The molecule has 1 rings (SSSR count). The number of carbonyl (C=O) groups excluding carboxylic acids is 2. The van der Waals surface area contributed by atoms with Gasteiger partial charge < -0.3 is 14.5 Å². The monoisotopic (exact) mass is 385 g/mol. The normalized spacial score (nSPS) is 10.7. The first kappa shape index (κ1) is 19.6. The van der Waals surface area contributed by atoms with Gasteiger partial charge in [0.05, 0.1) is 18.6 Å². The highest BCUT2D eigenvalue weighted by Crippen LogP contribution is 2.12. The van der Waals surface area contributed by atoms with E-state index in [0.29, 0.717) is 25.3 Å². The van der Waals surface area contributed by atoms with Gasteiger partial charge in [0.1, 0.15) is 0 Å². The number of esters is 1. The molecule has 1 amide bonds. The molecule has 6 nitrogen and oxygen atoms in total. The highest BCUT2D eigenvalue weighted by molar-refractivity contribution is 9.10. The average molecular weight is 386 g/mol. The fourth-order valence-electron chi connectivity index (χ4n) is 2.06. The standard InChI is InChI=1S/C16H24BrN3O3/c1-4-23-15(21)6-9-20(8-5-7-19(2)3)16(22)13-10-14(17)12-18-11-13/h10-12H,4-9H2,1-3H3. The maximum atomic E-state index is 12.6. The van der Waals surface area contributed by atoms with Crippen LogP contribution in [0.25, 0.3) is 0 Å². The van der Waals surface area contributed by atoms with Crippen molar-refractivity contribution in [2.75, 3.05) is 40.3 Å². The number of rotatable bonds is 9. The quantitative estimate of drug-likeness (QED) is 0.609. The summed E-state index contributed by atoms with van der Waals surface area (Å²) in [6, 6.07) is 1.73. The van der Waals surface area contributed by atoms with Crippen molar-refractivity contribution in [3.63, 3.8) is 0 Å². The lowest BCUT2D eigenvalue weighted by Crippen LogP contribution is -2.35. The Labute approximate surface area is 145 Å². The molecule has 0 N–H and O–H groups in total. The number of aromatic nitrogens is 1. The Hall–Kier alpha value is -1.47. The van der Waals surface area contributed by atoms with Crippen molar-refractivity contribution in [1.29, 1.82) is 0 Å². The van der Waals surface area contributed by atoms with Crippen LogP contribution in [0.1, 0.15) is 30.1 Å². The van der Waals surface area contributed by atoms with Gasteiger partial charge in [0.15, 0.2) is 0 Å². The number of halogens is 1. The Morgan fingerprint density at radius 2 is 1.96 bits per heavy atom. The van der Waals surface area contributed by atoms with Gasteiger partial charge in [-0.25, -0.2) is 0 Å².